The van der Waals surface area contributed by atoms with E-state index in [2.05, 4.69) is 16.4 Å². The van der Waals surface area contributed by atoms with Crippen LogP contribution in [0.5, 0.6) is 0 Å². The van der Waals surface area contributed by atoms with Crippen LogP contribution in [0.4, 0.5) is 11.4 Å². The van der Waals surface area contributed by atoms with Crippen molar-refractivity contribution in [3.8, 4) is 17.2 Å². The van der Waals surface area contributed by atoms with Gasteiger partial charge in [0.1, 0.15) is 5.69 Å². The van der Waals surface area contributed by atoms with E-state index < -0.39 is 4.92 Å². The number of nitriles is 1. The number of nitro benzene ring substituents is 1. The molecule has 1 aromatic carbocycles. The molecule has 8 heteroatoms. The number of aliphatic hydroxyl groups excluding tert-OH is 1. The van der Waals surface area contributed by atoms with Crippen LogP contribution in [-0.4, -0.2) is 47.3 Å². The molecule has 0 amide bonds. The van der Waals surface area contributed by atoms with E-state index in [0.717, 1.165) is 0 Å². The largest absolute Gasteiger partial charge is 0.395 e. The smallest absolute Gasteiger partial charge is 0.292 e. The zero-order chi connectivity index (χ0) is 17.8. The van der Waals surface area contributed by atoms with E-state index in [1.54, 1.807) is 24.4 Å². The molecule has 0 bridgehead atoms. The Labute approximate surface area is 144 Å². The van der Waals surface area contributed by atoms with Crippen LogP contribution >= 0.6 is 0 Å². The van der Waals surface area contributed by atoms with Crippen molar-refractivity contribution in [3.63, 3.8) is 0 Å². The van der Waals surface area contributed by atoms with Gasteiger partial charge in [-0.15, -0.1) is 0 Å². The van der Waals surface area contributed by atoms with Gasteiger partial charge >= 0.3 is 0 Å². The Bertz CT molecular complexity index is 833. The van der Waals surface area contributed by atoms with Gasteiger partial charge in [0.15, 0.2) is 0 Å². The number of nitrogens with one attached hydrogen (secondary N) is 1. The number of pyridine rings is 1. The Kier molecular flexibility index (Phi) is 4.88. The van der Waals surface area contributed by atoms with Crippen LogP contribution < -0.4 is 10.2 Å². The van der Waals surface area contributed by atoms with Crippen LogP contribution in [0, 0.1) is 21.4 Å². The number of aromatic nitrogens is 1. The van der Waals surface area contributed by atoms with E-state index in [-0.39, 0.29) is 18.3 Å². The van der Waals surface area contributed by atoms with E-state index in [9.17, 15) is 20.5 Å². The fourth-order valence-corrected chi connectivity index (χ4v) is 2.99. The fraction of sp³-hybridized carbons (Fsp3) is 0.294. The molecule has 1 unspecified atom stereocenters. The predicted molar refractivity (Wildman–Crippen MR) is 92.1 cm³/mol. The van der Waals surface area contributed by atoms with Gasteiger partial charge in [-0.3, -0.25) is 15.1 Å². The first-order valence-electron chi connectivity index (χ1n) is 7.86. The van der Waals surface area contributed by atoms with Crippen LogP contribution in [0.3, 0.4) is 0 Å². The number of hydrogen-bond acceptors (Lipinski definition) is 7. The third-order valence-electron chi connectivity index (χ3n) is 4.24. The Morgan fingerprint density at radius 3 is 3.04 bits per heavy atom. The highest BCUT2D eigenvalue weighted by Gasteiger charge is 2.25. The average molecular weight is 339 g/mol. The summed E-state index contributed by atoms with van der Waals surface area (Å²) in [6.45, 7) is 1.66. The van der Waals surface area contributed by atoms with Gasteiger partial charge in [-0.25, -0.2) is 0 Å². The molecule has 2 heterocycles. The Morgan fingerprint density at radius 2 is 2.32 bits per heavy atom. The first-order chi connectivity index (χ1) is 12.1. The van der Waals surface area contributed by atoms with E-state index in [1.165, 1.54) is 12.3 Å². The second-order valence-corrected chi connectivity index (χ2v) is 5.77. The molecule has 2 N–H and O–H groups in total. The van der Waals surface area contributed by atoms with Gasteiger partial charge in [0.2, 0.25) is 0 Å². The van der Waals surface area contributed by atoms with Gasteiger partial charge in [0.05, 0.1) is 23.2 Å². The maximum Gasteiger partial charge on any atom is 0.292 e. The minimum absolute atomic E-state index is 0.00439. The molecule has 1 atom stereocenters. The number of nitro groups is 1. The van der Waals surface area contributed by atoms with Gasteiger partial charge in [0.25, 0.3) is 5.69 Å². The lowest BCUT2D eigenvalue weighted by Crippen LogP contribution is -2.52. The first kappa shape index (κ1) is 16.8. The molecule has 8 nitrogen and oxygen atoms in total. The zero-order valence-electron chi connectivity index (χ0n) is 13.4. The van der Waals surface area contributed by atoms with Crippen molar-refractivity contribution >= 4 is 11.4 Å². The summed E-state index contributed by atoms with van der Waals surface area (Å²) >= 11 is 0. The number of nitrogens with zero attached hydrogens (tertiary/aromatic N) is 4. The summed E-state index contributed by atoms with van der Waals surface area (Å²) in [6.07, 6.45) is 3.12. The minimum atomic E-state index is -0.413. The third-order valence-corrected chi connectivity index (χ3v) is 4.24. The van der Waals surface area contributed by atoms with Crippen molar-refractivity contribution in [3.05, 3.63) is 52.3 Å². The molecule has 3 rings (SSSR count). The van der Waals surface area contributed by atoms with E-state index >= 15 is 0 Å². The Morgan fingerprint density at radius 1 is 1.48 bits per heavy atom. The minimum Gasteiger partial charge on any atom is -0.395 e. The molecular formula is C17H17N5O3. The lowest BCUT2D eigenvalue weighted by molar-refractivity contribution is -0.384. The molecule has 0 radical (unpaired) electrons. The number of rotatable bonds is 4. The molecule has 0 spiro atoms. The highest BCUT2D eigenvalue weighted by atomic mass is 16.6. The summed E-state index contributed by atoms with van der Waals surface area (Å²) in [5.74, 6) is 0. The topological polar surface area (TPSA) is 115 Å². The monoisotopic (exact) mass is 339 g/mol. The summed E-state index contributed by atoms with van der Waals surface area (Å²) in [7, 11) is 0. The molecule has 1 aliphatic heterocycles. The van der Waals surface area contributed by atoms with Crippen LogP contribution in [0.1, 0.15) is 5.56 Å². The first-order valence-corrected chi connectivity index (χ1v) is 7.86. The van der Waals surface area contributed by atoms with Crippen molar-refractivity contribution in [2.45, 2.75) is 6.04 Å². The molecule has 1 saturated heterocycles. The summed E-state index contributed by atoms with van der Waals surface area (Å²) in [6, 6.07) is 8.40. The standard InChI is InChI=1S/C17H17N5O3/c18-8-13-3-4-19-9-15(13)12-1-2-16(22(24)25)17(7-12)21-6-5-20-14(10-21)11-23/h1-4,7,9,14,20,23H,5-6,10-11H2. The molecule has 0 aliphatic carbocycles. The maximum absolute atomic E-state index is 11.4. The van der Waals surface area contributed by atoms with E-state index in [4.69, 9.17) is 0 Å². The zero-order valence-corrected chi connectivity index (χ0v) is 13.4. The molecule has 2 aromatic rings. The summed E-state index contributed by atoms with van der Waals surface area (Å²) in [5.41, 5.74) is 2.28. The van der Waals surface area contributed by atoms with E-state index in [1.807, 2.05) is 4.90 Å². The Balaban J connectivity index is 2.07. The van der Waals surface area contributed by atoms with Crippen LogP contribution in [0.2, 0.25) is 0 Å². The summed E-state index contributed by atoms with van der Waals surface area (Å²) in [5, 5.41) is 33.2. The number of piperazine rings is 1. The summed E-state index contributed by atoms with van der Waals surface area (Å²) in [4.78, 5) is 17.0. The van der Waals surface area contributed by atoms with Crippen molar-refractivity contribution in [1.82, 2.24) is 10.3 Å². The quantitative estimate of drug-likeness (QED) is 0.637. The second-order valence-electron chi connectivity index (χ2n) is 5.77. The molecule has 1 aliphatic rings. The normalized spacial score (nSPS) is 17.1. The molecule has 25 heavy (non-hydrogen) atoms. The van der Waals surface area contributed by atoms with Gasteiger partial charge < -0.3 is 15.3 Å². The molecule has 0 saturated carbocycles. The Hall–Kier alpha value is -3.02. The van der Waals surface area contributed by atoms with Crippen molar-refractivity contribution < 1.29 is 10.0 Å². The van der Waals surface area contributed by atoms with Crippen molar-refractivity contribution in [2.75, 3.05) is 31.1 Å². The molecule has 128 valence electrons. The third kappa shape index (κ3) is 3.42. The van der Waals surface area contributed by atoms with Crippen LogP contribution in [0.25, 0.3) is 11.1 Å². The van der Waals surface area contributed by atoms with Gasteiger partial charge in [-0.2, -0.15) is 5.26 Å². The van der Waals surface area contributed by atoms with Crippen molar-refractivity contribution in [2.24, 2.45) is 0 Å². The van der Waals surface area contributed by atoms with Crippen molar-refractivity contribution in [1.29, 1.82) is 5.26 Å². The fourth-order valence-electron chi connectivity index (χ4n) is 2.99. The highest BCUT2D eigenvalue weighted by molar-refractivity contribution is 5.77. The molecule has 1 aromatic heterocycles. The highest BCUT2D eigenvalue weighted by Crippen LogP contribution is 2.34. The second kappa shape index (κ2) is 7.25. The van der Waals surface area contributed by atoms with Gasteiger partial charge in [-0.05, 0) is 23.8 Å². The maximum atomic E-state index is 11.4. The SMILES string of the molecule is N#Cc1ccncc1-c1ccc([N+](=O)[O-])c(N2CCNC(CO)C2)c1. The van der Waals surface area contributed by atoms with Gasteiger partial charge in [0, 0.05) is 49.7 Å². The number of anilines is 1. The number of benzene rings is 1. The lowest BCUT2D eigenvalue weighted by atomic mass is 10.0. The molecule has 1 fully saturated rings. The summed E-state index contributed by atoms with van der Waals surface area (Å²) < 4.78 is 0. The van der Waals surface area contributed by atoms with Gasteiger partial charge in [-0.1, -0.05) is 0 Å². The van der Waals surface area contributed by atoms with Crippen LogP contribution in [0.15, 0.2) is 36.7 Å². The number of hydrogen-bond donors (Lipinski definition) is 2. The average Bonchev–Trinajstić information content (AvgIpc) is 2.67. The van der Waals surface area contributed by atoms with E-state index in [0.29, 0.717) is 42.0 Å². The molecular weight excluding hydrogens is 322 g/mol. The van der Waals surface area contributed by atoms with Crippen LogP contribution in [-0.2, 0) is 0 Å². The number of aliphatic hydroxyl groups is 1. The predicted octanol–water partition coefficient (Wildman–Crippen LogP) is 1.30. The lowest BCUT2D eigenvalue weighted by Gasteiger charge is -2.34.